The molecule has 120 valence electrons. The van der Waals surface area contributed by atoms with Crippen molar-refractivity contribution in [2.75, 3.05) is 26.2 Å². The number of rotatable bonds is 2. The highest BCUT2D eigenvalue weighted by atomic mass is 19.1. The molecule has 1 aliphatic heterocycles. The van der Waals surface area contributed by atoms with E-state index < -0.39 is 17.5 Å². The van der Waals surface area contributed by atoms with E-state index in [1.807, 2.05) is 0 Å². The Morgan fingerprint density at radius 3 is 2.45 bits per heavy atom. The van der Waals surface area contributed by atoms with Crippen molar-refractivity contribution in [1.29, 1.82) is 0 Å². The fourth-order valence-electron chi connectivity index (χ4n) is 3.44. The van der Waals surface area contributed by atoms with Crippen molar-refractivity contribution < 1.29 is 18.7 Å². The molecule has 1 saturated carbocycles. The van der Waals surface area contributed by atoms with E-state index in [1.54, 1.807) is 4.90 Å². The number of halogens is 2. The summed E-state index contributed by atoms with van der Waals surface area (Å²) in [5.41, 5.74) is -0.0873. The molecule has 1 saturated heterocycles. The van der Waals surface area contributed by atoms with Crippen molar-refractivity contribution in [3.63, 3.8) is 0 Å². The van der Waals surface area contributed by atoms with Gasteiger partial charge in [-0.15, -0.1) is 0 Å². The van der Waals surface area contributed by atoms with E-state index in [0.29, 0.717) is 26.2 Å². The first kappa shape index (κ1) is 15.4. The van der Waals surface area contributed by atoms with Crippen molar-refractivity contribution in [2.45, 2.75) is 31.4 Å². The second-order valence-electron chi connectivity index (χ2n) is 6.02. The third-order valence-electron chi connectivity index (χ3n) is 4.68. The van der Waals surface area contributed by atoms with Crippen LogP contribution in [0.4, 0.5) is 8.78 Å². The minimum atomic E-state index is -0.821. The average molecular weight is 310 g/mol. The van der Waals surface area contributed by atoms with Crippen LogP contribution in [0.5, 0.6) is 0 Å². The van der Waals surface area contributed by atoms with Crippen LogP contribution >= 0.6 is 0 Å². The smallest absolute Gasteiger partial charge is 0.256 e. The van der Waals surface area contributed by atoms with Gasteiger partial charge in [0.05, 0.1) is 11.7 Å². The summed E-state index contributed by atoms with van der Waals surface area (Å²) in [5, 5.41) is 9.95. The molecule has 0 spiro atoms. The number of hydrogen-bond donors (Lipinski definition) is 1. The summed E-state index contributed by atoms with van der Waals surface area (Å²) in [5.74, 6) is -1.91. The second-order valence-corrected chi connectivity index (χ2v) is 6.02. The van der Waals surface area contributed by atoms with Crippen LogP contribution in [0.25, 0.3) is 0 Å². The van der Waals surface area contributed by atoms with Gasteiger partial charge >= 0.3 is 0 Å². The Morgan fingerprint density at radius 2 is 1.86 bits per heavy atom. The molecule has 2 fully saturated rings. The number of benzene rings is 1. The number of aliphatic hydroxyl groups is 1. The van der Waals surface area contributed by atoms with Gasteiger partial charge in [-0.3, -0.25) is 9.69 Å². The van der Waals surface area contributed by atoms with Gasteiger partial charge < -0.3 is 10.0 Å². The number of piperazine rings is 1. The van der Waals surface area contributed by atoms with Gasteiger partial charge in [0.2, 0.25) is 0 Å². The zero-order valence-electron chi connectivity index (χ0n) is 12.3. The van der Waals surface area contributed by atoms with Gasteiger partial charge in [0.1, 0.15) is 11.6 Å². The van der Waals surface area contributed by atoms with E-state index in [2.05, 4.69) is 4.90 Å². The first-order valence-corrected chi connectivity index (χ1v) is 7.72. The Kier molecular flexibility index (Phi) is 4.40. The average Bonchev–Trinajstić information content (AvgIpc) is 2.93. The molecule has 0 bridgehead atoms. The lowest BCUT2D eigenvalue weighted by atomic mass is 10.1. The van der Waals surface area contributed by atoms with Crippen molar-refractivity contribution in [2.24, 2.45) is 0 Å². The highest BCUT2D eigenvalue weighted by Gasteiger charge is 2.33. The minimum absolute atomic E-state index is 0.0873. The van der Waals surface area contributed by atoms with Crippen LogP contribution in [0.2, 0.25) is 0 Å². The number of nitrogens with zero attached hydrogens (tertiary/aromatic N) is 2. The molecule has 1 aromatic carbocycles. The van der Waals surface area contributed by atoms with Crippen LogP contribution in [0.15, 0.2) is 18.2 Å². The molecule has 1 N–H and O–H groups in total. The summed E-state index contributed by atoms with van der Waals surface area (Å²) < 4.78 is 26.6. The molecule has 1 aliphatic carbocycles. The quantitative estimate of drug-likeness (QED) is 0.903. The van der Waals surface area contributed by atoms with Gasteiger partial charge in [0.15, 0.2) is 0 Å². The molecular formula is C16H20F2N2O2. The number of carbonyl (C=O) groups is 1. The van der Waals surface area contributed by atoms with E-state index in [0.717, 1.165) is 31.4 Å². The number of carbonyl (C=O) groups excluding carboxylic acids is 1. The topological polar surface area (TPSA) is 43.8 Å². The Labute approximate surface area is 128 Å². The van der Waals surface area contributed by atoms with Crippen LogP contribution in [0, 0.1) is 11.6 Å². The predicted octanol–water partition coefficient (Wildman–Crippen LogP) is 1.64. The molecule has 0 aromatic heterocycles. The molecule has 0 radical (unpaired) electrons. The maximum Gasteiger partial charge on any atom is 0.256 e. The number of hydrogen-bond acceptors (Lipinski definition) is 3. The van der Waals surface area contributed by atoms with E-state index in [1.165, 1.54) is 6.07 Å². The summed E-state index contributed by atoms with van der Waals surface area (Å²) in [6.45, 7) is 2.35. The molecule has 6 heteroatoms. The minimum Gasteiger partial charge on any atom is -0.391 e. The van der Waals surface area contributed by atoms with E-state index in [4.69, 9.17) is 0 Å². The summed E-state index contributed by atoms with van der Waals surface area (Å²) in [6, 6.07) is 3.21. The molecule has 2 aliphatic rings. The van der Waals surface area contributed by atoms with Crippen LogP contribution in [0.3, 0.4) is 0 Å². The highest BCUT2D eigenvalue weighted by molar-refractivity contribution is 5.94. The van der Waals surface area contributed by atoms with Crippen molar-refractivity contribution in [3.8, 4) is 0 Å². The van der Waals surface area contributed by atoms with Gasteiger partial charge in [0.25, 0.3) is 5.91 Å². The fourth-order valence-corrected chi connectivity index (χ4v) is 3.44. The third kappa shape index (κ3) is 2.98. The van der Waals surface area contributed by atoms with Crippen molar-refractivity contribution in [3.05, 3.63) is 35.4 Å². The third-order valence-corrected chi connectivity index (χ3v) is 4.68. The summed E-state index contributed by atoms with van der Waals surface area (Å²) in [7, 11) is 0. The normalized spacial score (nSPS) is 26.4. The van der Waals surface area contributed by atoms with Crippen LogP contribution in [-0.4, -0.2) is 59.1 Å². The molecule has 2 atom stereocenters. The fraction of sp³-hybridized carbons (Fsp3) is 0.562. The lowest BCUT2D eigenvalue weighted by molar-refractivity contribution is 0.0313. The lowest BCUT2D eigenvalue weighted by Gasteiger charge is -2.39. The van der Waals surface area contributed by atoms with Crippen LogP contribution < -0.4 is 0 Å². The zero-order chi connectivity index (χ0) is 15.7. The van der Waals surface area contributed by atoms with E-state index in [-0.39, 0.29) is 17.7 Å². The first-order valence-electron chi connectivity index (χ1n) is 7.72. The molecule has 1 heterocycles. The van der Waals surface area contributed by atoms with Crippen molar-refractivity contribution >= 4 is 5.91 Å². The lowest BCUT2D eigenvalue weighted by Crippen LogP contribution is -2.53. The predicted molar refractivity (Wildman–Crippen MR) is 77.5 cm³/mol. The molecule has 1 amide bonds. The number of aliphatic hydroxyl groups excluding tert-OH is 1. The van der Waals surface area contributed by atoms with Gasteiger partial charge in [-0.1, -0.05) is 0 Å². The molecular weight excluding hydrogens is 290 g/mol. The zero-order valence-corrected chi connectivity index (χ0v) is 12.3. The van der Waals surface area contributed by atoms with Crippen LogP contribution in [-0.2, 0) is 0 Å². The maximum atomic E-state index is 13.7. The largest absolute Gasteiger partial charge is 0.391 e. The first-order chi connectivity index (χ1) is 10.6. The number of amides is 1. The van der Waals surface area contributed by atoms with E-state index in [9.17, 15) is 18.7 Å². The summed E-state index contributed by atoms with van der Waals surface area (Å²) in [4.78, 5) is 16.1. The van der Waals surface area contributed by atoms with Crippen molar-refractivity contribution in [1.82, 2.24) is 9.80 Å². The standard InChI is InChI=1S/C16H20F2N2O2/c17-11-4-5-12(13(18)10-11)16(22)20-8-6-19(7-9-20)14-2-1-3-15(14)21/h4-5,10,14-15,21H,1-3,6-9H2. The molecule has 3 rings (SSSR count). The Hall–Kier alpha value is -1.53. The Balaban J connectivity index is 1.62. The highest BCUT2D eigenvalue weighted by Crippen LogP contribution is 2.25. The Bertz CT molecular complexity index is 559. The molecule has 22 heavy (non-hydrogen) atoms. The van der Waals surface area contributed by atoms with Gasteiger partial charge in [0, 0.05) is 38.3 Å². The van der Waals surface area contributed by atoms with Gasteiger partial charge in [-0.25, -0.2) is 8.78 Å². The van der Waals surface area contributed by atoms with Gasteiger partial charge in [-0.2, -0.15) is 0 Å². The second kappa shape index (κ2) is 6.30. The van der Waals surface area contributed by atoms with E-state index >= 15 is 0 Å². The molecule has 2 unspecified atom stereocenters. The molecule has 4 nitrogen and oxygen atoms in total. The molecule has 1 aromatic rings. The summed E-state index contributed by atoms with van der Waals surface area (Å²) in [6.07, 6.45) is 2.58. The van der Waals surface area contributed by atoms with Gasteiger partial charge in [-0.05, 0) is 31.4 Å². The SMILES string of the molecule is O=C(c1ccc(F)cc1F)N1CCN(C2CCCC2O)CC1. The van der Waals surface area contributed by atoms with Crippen LogP contribution in [0.1, 0.15) is 29.6 Å². The monoisotopic (exact) mass is 310 g/mol. The Morgan fingerprint density at radius 1 is 1.14 bits per heavy atom. The maximum absolute atomic E-state index is 13.7. The summed E-state index contributed by atoms with van der Waals surface area (Å²) >= 11 is 0.